The van der Waals surface area contributed by atoms with Gasteiger partial charge in [0, 0.05) is 12.3 Å². The Hall–Kier alpha value is -2.34. The van der Waals surface area contributed by atoms with Crippen LogP contribution in [-0.2, 0) is 0 Å². The van der Waals surface area contributed by atoms with Crippen molar-refractivity contribution in [2.75, 3.05) is 0 Å². The minimum Gasteiger partial charge on any atom is -0.439 e. The van der Waals surface area contributed by atoms with Crippen molar-refractivity contribution in [1.82, 2.24) is 4.98 Å². The van der Waals surface area contributed by atoms with Crippen LogP contribution >= 0.6 is 0 Å². The molecule has 0 unspecified atom stereocenters. The van der Waals surface area contributed by atoms with Crippen molar-refractivity contribution in [3.63, 3.8) is 0 Å². The van der Waals surface area contributed by atoms with Gasteiger partial charge in [-0.15, -0.1) is 0 Å². The van der Waals surface area contributed by atoms with Gasteiger partial charge in [-0.05, 0) is 23.8 Å². The zero-order valence-electron chi connectivity index (χ0n) is 8.50. The van der Waals surface area contributed by atoms with E-state index in [0.29, 0.717) is 11.6 Å². The van der Waals surface area contributed by atoms with Gasteiger partial charge in [-0.2, -0.15) is 5.26 Å². The molecule has 2 rings (SSSR count). The van der Waals surface area contributed by atoms with Crippen molar-refractivity contribution in [3.8, 4) is 17.7 Å². The van der Waals surface area contributed by atoms with E-state index in [2.05, 4.69) is 4.98 Å². The van der Waals surface area contributed by atoms with Crippen molar-refractivity contribution in [1.29, 1.82) is 5.26 Å². The lowest BCUT2D eigenvalue weighted by Crippen LogP contribution is -1.87. The first-order valence-electron chi connectivity index (χ1n) is 4.80. The Kier molecular flexibility index (Phi) is 3.15. The highest BCUT2D eigenvalue weighted by Crippen LogP contribution is 2.20. The maximum atomic E-state index is 8.54. The molecule has 77 valence electrons. The SMILES string of the molecule is N#C[CH]c1cccc(Oc2ccccn2)c1. The molecule has 0 atom stereocenters. The van der Waals surface area contributed by atoms with Gasteiger partial charge >= 0.3 is 0 Å². The van der Waals surface area contributed by atoms with Crippen LogP contribution in [0.3, 0.4) is 0 Å². The van der Waals surface area contributed by atoms with Crippen LogP contribution in [0.5, 0.6) is 11.6 Å². The number of benzene rings is 1. The Morgan fingerprint density at radius 2 is 2.12 bits per heavy atom. The monoisotopic (exact) mass is 209 g/mol. The summed E-state index contributed by atoms with van der Waals surface area (Å²) in [5.41, 5.74) is 0.816. The van der Waals surface area contributed by atoms with Gasteiger partial charge in [0.1, 0.15) is 5.75 Å². The average Bonchev–Trinajstić information content (AvgIpc) is 2.31. The Labute approximate surface area is 93.9 Å². The summed E-state index contributed by atoms with van der Waals surface area (Å²) in [6, 6.07) is 14.7. The van der Waals surface area contributed by atoms with E-state index >= 15 is 0 Å². The van der Waals surface area contributed by atoms with Crippen molar-refractivity contribution in [2.24, 2.45) is 0 Å². The van der Waals surface area contributed by atoms with Crippen LogP contribution in [0.2, 0.25) is 0 Å². The van der Waals surface area contributed by atoms with Crippen LogP contribution in [-0.4, -0.2) is 4.98 Å². The first-order valence-corrected chi connectivity index (χ1v) is 4.80. The molecule has 0 aliphatic heterocycles. The smallest absolute Gasteiger partial charge is 0.219 e. The van der Waals surface area contributed by atoms with Crippen molar-refractivity contribution in [3.05, 3.63) is 60.6 Å². The maximum absolute atomic E-state index is 8.54. The van der Waals surface area contributed by atoms with E-state index in [1.54, 1.807) is 18.3 Å². The highest BCUT2D eigenvalue weighted by molar-refractivity contribution is 5.37. The molecular formula is C13H9N2O. The largest absolute Gasteiger partial charge is 0.439 e. The highest BCUT2D eigenvalue weighted by atomic mass is 16.5. The van der Waals surface area contributed by atoms with E-state index in [1.165, 1.54) is 6.42 Å². The first kappa shape index (κ1) is 10.2. The third-order valence-electron chi connectivity index (χ3n) is 1.95. The molecule has 0 bridgehead atoms. The molecule has 1 radical (unpaired) electrons. The van der Waals surface area contributed by atoms with Crippen LogP contribution < -0.4 is 4.74 Å². The molecule has 1 heterocycles. The molecule has 0 saturated carbocycles. The lowest BCUT2D eigenvalue weighted by molar-refractivity contribution is 0.463. The third kappa shape index (κ3) is 2.58. The van der Waals surface area contributed by atoms with E-state index in [1.807, 2.05) is 36.4 Å². The quantitative estimate of drug-likeness (QED) is 0.780. The van der Waals surface area contributed by atoms with Gasteiger partial charge in [0.25, 0.3) is 0 Å². The predicted molar refractivity (Wildman–Crippen MR) is 59.8 cm³/mol. The van der Waals surface area contributed by atoms with Crippen molar-refractivity contribution in [2.45, 2.75) is 0 Å². The van der Waals surface area contributed by atoms with E-state index in [4.69, 9.17) is 10.00 Å². The van der Waals surface area contributed by atoms with Gasteiger partial charge in [0.15, 0.2) is 0 Å². The number of nitrogens with zero attached hydrogens (tertiary/aromatic N) is 2. The van der Waals surface area contributed by atoms with E-state index < -0.39 is 0 Å². The summed E-state index contributed by atoms with van der Waals surface area (Å²) >= 11 is 0. The molecule has 0 saturated heterocycles. The van der Waals surface area contributed by atoms with Crippen LogP contribution in [0, 0.1) is 17.8 Å². The molecule has 1 aromatic carbocycles. The van der Waals surface area contributed by atoms with Gasteiger partial charge in [-0.3, -0.25) is 0 Å². The molecule has 0 aliphatic carbocycles. The maximum Gasteiger partial charge on any atom is 0.219 e. The molecular weight excluding hydrogens is 200 g/mol. The second-order valence-electron chi connectivity index (χ2n) is 3.12. The summed E-state index contributed by atoms with van der Waals surface area (Å²) in [6.07, 6.45) is 3.13. The number of pyridine rings is 1. The number of hydrogen-bond donors (Lipinski definition) is 0. The fourth-order valence-corrected chi connectivity index (χ4v) is 1.27. The molecule has 0 spiro atoms. The lowest BCUT2D eigenvalue weighted by atomic mass is 10.1. The van der Waals surface area contributed by atoms with Gasteiger partial charge in [0.05, 0.1) is 12.5 Å². The third-order valence-corrected chi connectivity index (χ3v) is 1.95. The number of aromatic nitrogens is 1. The predicted octanol–water partition coefficient (Wildman–Crippen LogP) is 2.95. The molecule has 3 heteroatoms. The van der Waals surface area contributed by atoms with Gasteiger partial charge in [-0.25, -0.2) is 4.98 Å². The van der Waals surface area contributed by atoms with Gasteiger partial charge in [0.2, 0.25) is 5.88 Å². The second kappa shape index (κ2) is 4.94. The van der Waals surface area contributed by atoms with E-state index in [9.17, 15) is 0 Å². The molecule has 1 aromatic heterocycles. The standard InChI is InChI=1S/C13H9N2O/c14-8-7-11-4-3-5-12(10-11)16-13-6-1-2-9-15-13/h1-7,9-10H. The van der Waals surface area contributed by atoms with Crippen molar-refractivity contribution >= 4 is 0 Å². The highest BCUT2D eigenvalue weighted by Gasteiger charge is 1.99. The van der Waals surface area contributed by atoms with Crippen LogP contribution in [0.25, 0.3) is 0 Å². The minimum absolute atomic E-state index is 0.539. The summed E-state index contributed by atoms with van der Waals surface area (Å²) in [7, 11) is 0. The molecule has 2 aromatic rings. The average molecular weight is 209 g/mol. The number of hydrogen-bond acceptors (Lipinski definition) is 3. The first-order chi connectivity index (χ1) is 7.88. The summed E-state index contributed by atoms with van der Waals surface area (Å²) in [5.74, 6) is 1.21. The Balaban J connectivity index is 2.16. The lowest BCUT2D eigenvalue weighted by Gasteiger charge is -2.04. The van der Waals surface area contributed by atoms with Crippen molar-refractivity contribution < 1.29 is 4.74 Å². The van der Waals surface area contributed by atoms with Crippen LogP contribution in [0.15, 0.2) is 48.7 Å². The van der Waals surface area contributed by atoms with Gasteiger partial charge < -0.3 is 4.74 Å². The summed E-state index contributed by atoms with van der Waals surface area (Å²) in [4.78, 5) is 4.05. The van der Waals surface area contributed by atoms with E-state index in [-0.39, 0.29) is 0 Å². The van der Waals surface area contributed by atoms with Crippen LogP contribution in [0.4, 0.5) is 0 Å². The normalized spacial score (nSPS) is 9.44. The Morgan fingerprint density at radius 3 is 2.88 bits per heavy atom. The summed E-state index contributed by atoms with van der Waals surface area (Å²) in [5, 5.41) is 8.54. The molecule has 3 nitrogen and oxygen atoms in total. The zero-order chi connectivity index (χ0) is 11.2. The number of nitriles is 1. The summed E-state index contributed by atoms with van der Waals surface area (Å²) < 4.78 is 5.52. The topological polar surface area (TPSA) is 45.9 Å². The molecule has 16 heavy (non-hydrogen) atoms. The zero-order valence-corrected chi connectivity index (χ0v) is 8.50. The second-order valence-corrected chi connectivity index (χ2v) is 3.12. The Bertz CT molecular complexity index is 503. The van der Waals surface area contributed by atoms with Crippen LogP contribution in [0.1, 0.15) is 5.56 Å². The molecule has 0 aliphatic rings. The fraction of sp³-hybridized carbons (Fsp3) is 0. The Morgan fingerprint density at radius 1 is 1.19 bits per heavy atom. The fourth-order valence-electron chi connectivity index (χ4n) is 1.27. The summed E-state index contributed by atoms with van der Waals surface area (Å²) in [6.45, 7) is 0. The molecule has 0 N–H and O–H groups in total. The van der Waals surface area contributed by atoms with Gasteiger partial charge in [-0.1, -0.05) is 18.2 Å². The molecule has 0 amide bonds. The number of rotatable bonds is 3. The minimum atomic E-state index is 0.539. The molecule has 0 fully saturated rings. The number of ether oxygens (including phenoxy) is 1. The van der Waals surface area contributed by atoms with E-state index in [0.717, 1.165) is 5.56 Å².